The van der Waals surface area contributed by atoms with Gasteiger partial charge in [0.05, 0.1) is 6.10 Å². The number of benzene rings is 1. The number of aryl methyl sites for hydroxylation is 1. The number of rotatable bonds is 4. The Bertz CT molecular complexity index is 605. The summed E-state index contributed by atoms with van der Waals surface area (Å²) in [5.74, 6) is 1.36. The maximum absolute atomic E-state index is 6.59. The Hall–Kier alpha value is -1.32. The van der Waals surface area contributed by atoms with Crippen molar-refractivity contribution >= 4 is 11.3 Å². The number of thiophene rings is 1. The zero-order valence-corrected chi connectivity index (χ0v) is 13.5. The van der Waals surface area contributed by atoms with Gasteiger partial charge in [0.1, 0.15) is 5.75 Å². The van der Waals surface area contributed by atoms with Gasteiger partial charge in [-0.3, -0.25) is 0 Å². The molecule has 3 rings (SSSR count). The van der Waals surface area contributed by atoms with Crippen LogP contribution in [0.4, 0.5) is 0 Å². The molecule has 1 aromatic carbocycles. The molecule has 0 saturated heterocycles. The van der Waals surface area contributed by atoms with Gasteiger partial charge < -0.3 is 10.5 Å². The molecule has 2 unspecified atom stereocenters. The van der Waals surface area contributed by atoms with Crippen molar-refractivity contribution in [3.63, 3.8) is 0 Å². The summed E-state index contributed by atoms with van der Waals surface area (Å²) < 4.78 is 5.79. The third-order valence-corrected chi connectivity index (χ3v) is 5.14. The summed E-state index contributed by atoms with van der Waals surface area (Å²) in [6.07, 6.45) is 3.83. The fourth-order valence-corrected chi connectivity index (χ4v) is 4.19. The summed E-state index contributed by atoms with van der Waals surface area (Å²) >= 11 is 1.87. The van der Waals surface area contributed by atoms with Crippen LogP contribution in [0.15, 0.2) is 35.7 Å². The van der Waals surface area contributed by atoms with E-state index >= 15 is 0 Å². The molecule has 0 amide bonds. The van der Waals surface area contributed by atoms with Crippen LogP contribution in [-0.4, -0.2) is 6.10 Å². The highest BCUT2D eigenvalue weighted by Gasteiger charge is 2.27. The second-order valence-electron chi connectivity index (χ2n) is 6.06. The number of nitrogens with two attached hydrogens (primary N) is 1. The number of ether oxygens (including phenoxy) is 1. The lowest BCUT2D eigenvalue weighted by Gasteiger charge is -2.28. The van der Waals surface area contributed by atoms with E-state index in [-0.39, 0.29) is 12.1 Å². The van der Waals surface area contributed by atoms with E-state index in [0.717, 1.165) is 5.75 Å². The van der Waals surface area contributed by atoms with E-state index in [2.05, 4.69) is 23.6 Å². The van der Waals surface area contributed by atoms with Gasteiger partial charge in [-0.15, -0.1) is 11.3 Å². The minimum atomic E-state index is 0.0503. The molecule has 0 radical (unpaired) electrons. The fraction of sp³-hybridized carbons (Fsp3) is 0.444. The normalized spacial score (nSPS) is 19.3. The Labute approximate surface area is 130 Å². The van der Waals surface area contributed by atoms with Crippen LogP contribution in [0.3, 0.4) is 0 Å². The van der Waals surface area contributed by atoms with Gasteiger partial charge in [0.25, 0.3) is 0 Å². The van der Waals surface area contributed by atoms with E-state index in [1.54, 1.807) is 0 Å². The predicted molar refractivity (Wildman–Crippen MR) is 89.1 cm³/mol. The van der Waals surface area contributed by atoms with Crippen molar-refractivity contribution in [2.45, 2.75) is 51.2 Å². The second kappa shape index (κ2) is 6.20. The lowest BCUT2D eigenvalue weighted by atomic mass is 9.80. The van der Waals surface area contributed by atoms with Gasteiger partial charge in [0.15, 0.2) is 0 Å². The van der Waals surface area contributed by atoms with E-state index in [4.69, 9.17) is 10.5 Å². The molecule has 0 fully saturated rings. The first-order valence-electron chi connectivity index (χ1n) is 7.73. The summed E-state index contributed by atoms with van der Waals surface area (Å²) in [6.45, 7) is 4.09. The molecule has 0 aliphatic heterocycles. The average molecular weight is 301 g/mol. The quantitative estimate of drug-likeness (QED) is 0.891. The molecule has 1 aromatic heterocycles. The van der Waals surface area contributed by atoms with E-state index in [9.17, 15) is 0 Å². The highest BCUT2D eigenvalue weighted by Crippen LogP contribution is 2.41. The molecular weight excluding hydrogens is 278 g/mol. The molecule has 112 valence electrons. The Morgan fingerprint density at radius 1 is 1.29 bits per heavy atom. The van der Waals surface area contributed by atoms with Crippen LogP contribution < -0.4 is 10.5 Å². The number of hydrogen-bond acceptors (Lipinski definition) is 3. The van der Waals surface area contributed by atoms with Crippen LogP contribution >= 0.6 is 11.3 Å². The average Bonchev–Trinajstić information content (AvgIpc) is 2.94. The molecule has 2 atom stereocenters. The van der Waals surface area contributed by atoms with Gasteiger partial charge >= 0.3 is 0 Å². The van der Waals surface area contributed by atoms with Crippen molar-refractivity contribution < 1.29 is 4.74 Å². The molecule has 21 heavy (non-hydrogen) atoms. The Balaban J connectivity index is 1.84. The third-order valence-electron chi connectivity index (χ3n) is 4.15. The molecule has 1 aliphatic carbocycles. The van der Waals surface area contributed by atoms with Crippen LogP contribution in [0.2, 0.25) is 0 Å². The van der Waals surface area contributed by atoms with Crippen LogP contribution in [0.5, 0.6) is 5.75 Å². The van der Waals surface area contributed by atoms with Gasteiger partial charge in [-0.2, -0.15) is 0 Å². The molecular formula is C18H23NOS. The summed E-state index contributed by atoms with van der Waals surface area (Å²) in [4.78, 5) is 1.52. The fourth-order valence-electron chi connectivity index (χ4n) is 3.19. The van der Waals surface area contributed by atoms with Crippen molar-refractivity contribution in [3.05, 3.63) is 51.7 Å². The molecule has 0 saturated carbocycles. The first kappa shape index (κ1) is 14.6. The van der Waals surface area contributed by atoms with E-state index in [1.165, 1.54) is 35.3 Å². The summed E-state index contributed by atoms with van der Waals surface area (Å²) in [5, 5.41) is 2.20. The maximum atomic E-state index is 6.59. The highest BCUT2D eigenvalue weighted by atomic mass is 32.1. The van der Waals surface area contributed by atoms with E-state index in [1.807, 2.05) is 37.3 Å². The minimum Gasteiger partial charge on any atom is -0.491 e. The van der Waals surface area contributed by atoms with E-state index < -0.39 is 0 Å². The number of hydrogen-bond donors (Lipinski definition) is 1. The van der Waals surface area contributed by atoms with Crippen LogP contribution in [0.1, 0.15) is 54.7 Å². The standard InChI is InChI=1S/C18H23NOS/c1-12(2)20-14-6-3-5-13(11-14)18(19)16-7-4-8-17-15(16)9-10-21-17/h3,5-6,9-12,16,18H,4,7-8,19H2,1-2H3. The summed E-state index contributed by atoms with van der Waals surface area (Å²) in [6, 6.07) is 10.6. The Morgan fingerprint density at radius 2 is 2.14 bits per heavy atom. The van der Waals surface area contributed by atoms with Crippen molar-refractivity contribution in [1.82, 2.24) is 0 Å². The van der Waals surface area contributed by atoms with Gasteiger partial charge in [-0.05, 0) is 67.8 Å². The lowest BCUT2D eigenvalue weighted by molar-refractivity contribution is 0.242. The first-order valence-corrected chi connectivity index (χ1v) is 8.61. The zero-order chi connectivity index (χ0) is 14.8. The SMILES string of the molecule is CC(C)Oc1cccc(C(N)C2CCCc3sccc32)c1. The molecule has 2 N–H and O–H groups in total. The summed E-state index contributed by atoms with van der Waals surface area (Å²) in [5.41, 5.74) is 9.24. The third kappa shape index (κ3) is 3.14. The van der Waals surface area contributed by atoms with Crippen molar-refractivity contribution in [1.29, 1.82) is 0 Å². The van der Waals surface area contributed by atoms with Crippen molar-refractivity contribution in [2.75, 3.05) is 0 Å². The zero-order valence-electron chi connectivity index (χ0n) is 12.7. The topological polar surface area (TPSA) is 35.2 Å². The second-order valence-corrected chi connectivity index (χ2v) is 7.06. The van der Waals surface area contributed by atoms with Crippen molar-refractivity contribution in [2.24, 2.45) is 5.73 Å². The predicted octanol–water partition coefficient (Wildman–Crippen LogP) is 4.66. The van der Waals surface area contributed by atoms with Gasteiger partial charge in [0, 0.05) is 16.8 Å². The first-order chi connectivity index (χ1) is 10.1. The van der Waals surface area contributed by atoms with Gasteiger partial charge in [0.2, 0.25) is 0 Å². The molecule has 0 bridgehead atoms. The monoisotopic (exact) mass is 301 g/mol. The van der Waals surface area contributed by atoms with Gasteiger partial charge in [-0.25, -0.2) is 0 Å². The summed E-state index contributed by atoms with van der Waals surface area (Å²) in [7, 11) is 0. The molecule has 2 nitrogen and oxygen atoms in total. The molecule has 2 aromatic rings. The van der Waals surface area contributed by atoms with E-state index in [0.29, 0.717) is 5.92 Å². The maximum Gasteiger partial charge on any atom is 0.120 e. The number of fused-ring (bicyclic) bond motifs is 1. The molecule has 0 spiro atoms. The van der Waals surface area contributed by atoms with Crippen LogP contribution in [0.25, 0.3) is 0 Å². The van der Waals surface area contributed by atoms with Gasteiger partial charge in [-0.1, -0.05) is 12.1 Å². The van der Waals surface area contributed by atoms with Crippen molar-refractivity contribution in [3.8, 4) is 5.75 Å². The van der Waals surface area contributed by atoms with Crippen LogP contribution in [-0.2, 0) is 6.42 Å². The lowest BCUT2D eigenvalue weighted by Crippen LogP contribution is -2.22. The highest BCUT2D eigenvalue weighted by molar-refractivity contribution is 7.10. The Morgan fingerprint density at radius 3 is 2.95 bits per heavy atom. The van der Waals surface area contributed by atoms with Crippen LogP contribution in [0, 0.1) is 0 Å². The Kier molecular flexibility index (Phi) is 4.32. The molecule has 3 heteroatoms. The molecule has 1 aliphatic rings. The minimum absolute atomic E-state index is 0.0503. The smallest absolute Gasteiger partial charge is 0.120 e. The largest absolute Gasteiger partial charge is 0.491 e. The molecule has 1 heterocycles.